The van der Waals surface area contributed by atoms with Crippen LogP contribution in [0.1, 0.15) is 31.4 Å². The lowest BCUT2D eigenvalue weighted by Crippen LogP contribution is -2.34. The van der Waals surface area contributed by atoms with E-state index in [1.165, 1.54) is 6.21 Å². The Labute approximate surface area is 163 Å². The molecule has 142 valence electrons. The molecule has 0 atom stereocenters. The molecule has 0 aliphatic carbocycles. The van der Waals surface area contributed by atoms with Gasteiger partial charge in [0.05, 0.1) is 6.21 Å². The van der Waals surface area contributed by atoms with Crippen molar-refractivity contribution in [1.82, 2.24) is 10.7 Å². The number of amides is 2. The molecule has 7 heteroatoms. The van der Waals surface area contributed by atoms with E-state index in [0.29, 0.717) is 11.6 Å². The summed E-state index contributed by atoms with van der Waals surface area (Å²) in [5.74, 6) is -0.0799. The molecule has 0 aliphatic heterocycles. The highest BCUT2D eigenvalue weighted by atomic mass is 35.5. The molecular formula is C20H22ClN3O3. The lowest BCUT2D eigenvalue weighted by atomic mass is 10.2. The Morgan fingerprint density at radius 2 is 1.74 bits per heavy atom. The number of nitrogens with zero attached hydrogens (tertiary/aromatic N) is 1. The minimum absolute atomic E-state index is 0.00535. The number of carbonyl (C=O) groups excluding carboxylic acids is 2. The minimum Gasteiger partial charge on any atom is -0.489 e. The van der Waals surface area contributed by atoms with Gasteiger partial charge in [-0.1, -0.05) is 23.7 Å². The molecule has 2 N–H and O–H groups in total. The highest BCUT2D eigenvalue weighted by molar-refractivity contribution is 6.30. The van der Waals surface area contributed by atoms with E-state index in [9.17, 15) is 9.59 Å². The van der Waals surface area contributed by atoms with Crippen molar-refractivity contribution in [2.45, 2.75) is 32.9 Å². The van der Waals surface area contributed by atoms with Crippen molar-refractivity contribution in [2.24, 2.45) is 5.10 Å². The zero-order chi connectivity index (χ0) is 19.6. The van der Waals surface area contributed by atoms with Crippen molar-refractivity contribution in [3.8, 4) is 5.75 Å². The van der Waals surface area contributed by atoms with Crippen molar-refractivity contribution in [3.63, 3.8) is 0 Å². The molecule has 0 heterocycles. The van der Waals surface area contributed by atoms with E-state index >= 15 is 0 Å². The Balaban J connectivity index is 1.77. The van der Waals surface area contributed by atoms with Crippen LogP contribution in [0.4, 0.5) is 0 Å². The minimum atomic E-state index is -0.465. The number of benzene rings is 2. The topological polar surface area (TPSA) is 79.8 Å². The summed E-state index contributed by atoms with van der Waals surface area (Å²) < 4.78 is 5.70. The zero-order valence-electron chi connectivity index (χ0n) is 15.2. The fraction of sp³-hybridized carbons (Fsp3) is 0.250. The van der Waals surface area contributed by atoms with Gasteiger partial charge in [0.25, 0.3) is 0 Å². The molecular weight excluding hydrogens is 366 g/mol. The second kappa shape index (κ2) is 10.3. The number of carbonyl (C=O) groups is 2. The Morgan fingerprint density at radius 3 is 2.37 bits per heavy atom. The fourth-order valence-electron chi connectivity index (χ4n) is 2.13. The van der Waals surface area contributed by atoms with Gasteiger partial charge in [-0.25, -0.2) is 5.43 Å². The van der Waals surface area contributed by atoms with Crippen LogP contribution in [0.15, 0.2) is 53.6 Å². The van der Waals surface area contributed by atoms with Gasteiger partial charge in [-0.05, 0) is 61.4 Å². The van der Waals surface area contributed by atoms with E-state index in [0.717, 1.165) is 16.9 Å². The Bertz CT molecular complexity index is 787. The third-order valence-electron chi connectivity index (χ3n) is 3.37. The number of hydrogen-bond acceptors (Lipinski definition) is 4. The van der Waals surface area contributed by atoms with Crippen LogP contribution < -0.4 is 15.5 Å². The first-order chi connectivity index (χ1) is 12.9. The number of halogens is 1. The predicted octanol–water partition coefficient (Wildman–Crippen LogP) is 3.28. The summed E-state index contributed by atoms with van der Waals surface area (Å²) in [6, 6.07) is 14.7. The van der Waals surface area contributed by atoms with Gasteiger partial charge in [0, 0.05) is 11.1 Å². The predicted molar refractivity (Wildman–Crippen MR) is 106 cm³/mol. The van der Waals surface area contributed by atoms with Gasteiger partial charge in [0.15, 0.2) is 0 Å². The van der Waals surface area contributed by atoms with Crippen LogP contribution in [-0.4, -0.2) is 24.1 Å². The molecule has 0 radical (unpaired) electrons. The van der Waals surface area contributed by atoms with Crippen molar-refractivity contribution in [2.75, 3.05) is 0 Å². The molecule has 0 saturated carbocycles. The number of ether oxygens (including phenoxy) is 1. The van der Waals surface area contributed by atoms with Gasteiger partial charge in [-0.3, -0.25) is 9.59 Å². The van der Waals surface area contributed by atoms with Crippen LogP contribution in [-0.2, 0) is 16.2 Å². The maximum atomic E-state index is 11.6. The van der Waals surface area contributed by atoms with E-state index in [1.54, 1.807) is 0 Å². The monoisotopic (exact) mass is 387 g/mol. The molecule has 27 heavy (non-hydrogen) atoms. The van der Waals surface area contributed by atoms with Crippen LogP contribution >= 0.6 is 11.6 Å². The Morgan fingerprint density at radius 1 is 1.07 bits per heavy atom. The van der Waals surface area contributed by atoms with Crippen LogP contribution in [0.3, 0.4) is 0 Å². The molecule has 2 rings (SSSR count). The van der Waals surface area contributed by atoms with E-state index in [-0.39, 0.29) is 18.4 Å². The number of rotatable bonds is 8. The van der Waals surface area contributed by atoms with Crippen molar-refractivity contribution in [3.05, 3.63) is 64.7 Å². The van der Waals surface area contributed by atoms with Crippen LogP contribution in [0.2, 0.25) is 5.02 Å². The summed E-state index contributed by atoms with van der Waals surface area (Å²) in [4.78, 5) is 23.1. The molecule has 0 aromatic heterocycles. The number of hydrazone groups is 1. The van der Waals surface area contributed by atoms with E-state index in [4.69, 9.17) is 16.3 Å². The van der Waals surface area contributed by atoms with Crippen molar-refractivity contribution in [1.29, 1.82) is 0 Å². The van der Waals surface area contributed by atoms with Gasteiger partial charge in [0.2, 0.25) is 11.8 Å². The summed E-state index contributed by atoms with van der Waals surface area (Å²) in [5.41, 5.74) is 4.14. The lowest BCUT2D eigenvalue weighted by molar-refractivity contribution is -0.129. The second-order valence-electron chi connectivity index (χ2n) is 6.18. The van der Waals surface area contributed by atoms with E-state index in [1.807, 2.05) is 62.4 Å². The second-order valence-corrected chi connectivity index (χ2v) is 6.61. The maximum absolute atomic E-state index is 11.6. The van der Waals surface area contributed by atoms with Gasteiger partial charge >= 0.3 is 0 Å². The molecule has 0 spiro atoms. The van der Waals surface area contributed by atoms with Crippen molar-refractivity contribution < 1.29 is 14.3 Å². The van der Waals surface area contributed by atoms with Crippen LogP contribution in [0.5, 0.6) is 5.75 Å². The molecule has 0 bridgehead atoms. The number of hydrogen-bond donors (Lipinski definition) is 2. The zero-order valence-corrected chi connectivity index (χ0v) is 16.0. The number of nitrogens with one attached hydrogen (secondary N) is 2. The first kappa shape index (κ1) is 20.5. The summed E-state index contributed by atoms with van der Waals surface area (Å²) in [5, 5.41) is 7.18. The first-order valence-corrected chi connectivity index (χ1v) is 8.89. The van der Waals surface area contributed by atoms with Gasteiger partial charge < -0.3 is 10.1 Å². The summed E-state index contributed by atoms with van der Waals surface area (Å²) in [6.45, 7) is 4.10. The molecule has 2 amide bonds. The normalized spacial score (nSPS) is 10.8. The average Bonchev–Trinajstić information content (AvgIpc) is 2.61. The molecule has 0 unspecified atom stereocenters. The van der Waals surface area contributed by atoms with E-state index < -0.39 is 5.91 Å². The standard InChI is InChI=1S/C20H22ClN3O3/c1-14(2)23-19(25)11-20(26)24-22-12-15-5-9-18(10-6-15)27-13-16-3-7-17(21)8-4-16/h3-10,12,14H,11,13H2,1-2H3,(H,23,25)(H,24,26)/b22-12+. The smallest absolute Gasteiger partial charge is 0.249 e. The van der Waals surface area contributed by atoms with Crippen LogP contribution in [0, 0.1) is 0 Å². The SMILES string of the molecule is CC(C)NC(=O)CC(=O)N/N=C/c1ccc(OCc2ccc(Cl)cc2)cc1. The van der Waals surface area contributed by atoms with Gasteiger partial charge in [-0.15, -0.1) is 0 Å². The van der Waals surface area contributed by atoms with Crippen molar-refractivity contribution >= 4 is 29.6 Å². The molecule has 0 saturated heterocycles. The summed E-state index contributed by atoms with van der Waals surface area (Å²) in [6.07, 6.45) is 1.24. The molecule has 6 nitrogen and oxygen atoms in total. The molecule has 2 aromatic rings. The largest absolute Gasteiger partial charge is 0.489 e. The Hall–Kier alpha value is -2.86. The van der Waals surface area contributed by atoms with E-state index in [2.05, 4.69) is 15.8 Å². The highest BCUT2D eigenvalue weighted by Crippen LogP contribution is 2.15. The molecule has 0 aliphatic rings. The first-order valence-electron chi connectivity index (χ1n) is 8.51. The fourth-order valence-corrected chi connectivity index (χ4v) is 2.26. The van der Waals surface area contributed by atoms with Gasteiger partial charge in [-0.2, -0.15) is 5.10 Å². The Kier molecular flexibility index (Phi) is 7.82. The van der Waals surface area contributed by atoms with Gasteiger partial charge in [0.1, 0.15) is 18.8 Å². The maximum Gasteiger partial charge on any atom is 0.249 e. The van der Waals surface area contributed by atoms with Crippen LogP contribution in [0.25, 0.3) is 0 Å². The molecule has 0 fully saturated rings. The average molecular weight is 388 g/mol. The molecule has 2 aromatic carbocycles. The third-order valence-corrected chi connectivity index (χ3v) is 3.62. The summed E-state index contributed by atoms with van der Waals surface area (Å²) >= 11 is 5.85. The summed E-state index contributed by atoms with van der Waals surface area (Å²) in [7, 11) is 0. The third kappa shape index (κ3) is 7.92. The quantitative estimate of drug-likeness (QED) is 0.414. The lowest BCUT2D eigenvalue weighted by Gasteiger charge is -2.07. The highest BCUT2D eigenvalue weighted by Gasteiger charge is 2.09.